The molecule has 2 N–H and O–H groups in total. The van der Waals surface area contributed by atoms with Crippen LogP contribution < -0.4 is 19.5 Å². The fourth-order valence-corrected chi connectivity index (χ4v) is 3.86. The number of amides is 1. The number of hydrogen-bond acceptors (Lipinski definition) is 5. The average molecular weight is 433 g/mol. The molecule has 1 amide bonds. The van der Waals surface area contributed by atoms with Gasteiger partial charge in [-0.25, -0.2) is 13.1 Å². The third-order valence-electron chi connectivity index (χ3n) is 4.81. The fraction of sp³-hybridized carbons (Fsp3) is 0.409. The molecular formula is C22H28N2O5S. The number of carbonyl (C=O) groups excluding carboxylic acids is 1. The van der Waals surface area contributed by atoms with Gasteiger partial charge in [0.2, 0.25) is 10.0 Å². The lowest BCUT2D eigenvalue weighted by molar-refractivity contribution is 0.0950. The molecular weight excluding hydrogens is 404 g/mol. The second kappa shape index (κ2) is 9.49. The molecule has 2 aromatic rings. The van der Waals surface area contributed by atoms with E-state index in [0.717, 1.165) is 40.9 Å². The maximum Gasteiger partial charge on any atom is 0.251 e. The van der Waals surface area contributed by atoms with Crippen LogP contribution in [0.1, 0.15) is 40.9 Å². The van der Waals surface area contributed by atoms with Crippen molar-refractivity contribution in [3.8, 4) is 11.5 Å². The summed E-state index contributed by atoms with van der Waals surface area (Å²) in [7, 11) is -3.20. The fourth-order valence-electron chi connectivity index (χ4n) is 3.39. The lowest BCUT2D eigenvalue weighted by Gasteiger charge is -2.13. The molecule has 2 aromatic carbocycles. The van der Waals surface area contributed by atoms with Gasteiger partial charge in [-0.05, 0) is 50.1 Å². The first-order valence-electron chi connectivity index (χ1n) is 10.0. The Labute approximate surface area is 177 Å². The molecule has 30 heavy (non-hydrogen) atoms. The van der Waals surface area contributed by atoms with Crippen molar-refractivity contribution < 1.29 is 22.7 Å². The molecule has 162 valence electrons. The number of nitrogens with one attached hydrogen (secondary N) is 2. The van der Waals surface area contributed by atoms with Crippen LogP contribution in [-0.4, -0.2) is 39.8 Å². The minimum Gasteiger partial charge on any atom is -0.494 e. The predicted octanol–water partition coefficient (Wildman–Crippen LogP) is 2.43. The zero-order valence-corrected chi connectivity index (χ0v) is 18.3. The molecule has 1 aliphatic rings. The monoisotopic (exact) mass is 432 g/mol. The highest BCUT2D eigenvalue weighted by Crippen LogP contribution is 2.35. The van der Waals surface area contributed by atoms with Gasteiger partial charge in [0.15, 0.2) is 0 Å². The van der Waals surface area contributed by atoms with Gasteiger partial charge >= 0.3 is 0 Å². The highest BCUT2D eigenvalue weighted by Gasteiger charge is 2.22. The van der Waals surface area contributed by atoms with Gasteiger partial charge in [-0.3, -0.25) is 4.79 Å². The van der Waals surface area contributed by atoms with E-state index in [1.54, 1.807) is 12.1 Å². The molecule has 1 atom stereocenters. The highest BCUT2D eigenvalue weighted by molar-refractivity contribution is 7.88. The third kappa shape index (κ3) is 5.96. The second-order valence-electron chi connectivity index (χ2n) is 7.43. The van der Waals surface area contributed by atoms with E-state index in [0.29, 0.717) is 31.7 Å². The van der Waals surface area contributed by atoms with Crippen LogP contribution in [0.15, 0.2) is 36.4 Å². The minimum absolute atomic E-state index is 0.144. The van der Waals surface area contributed by atoms with Crippen LogP contribution in [0.2, 0.25) is 0 Å². The number of hydrogen-bond donors (Lipinski definition) is 2. The number of ether oxygens (including phenoxy) is 2. The Kier molecular flexibility index (Phi) is 6.99. The molecule has 7 nitrogen and oxygen atoms in total. The SMILES string of the molecule is CCOc1cc2c(cc1CNC(=O)c1ccc(CCNS(C)(=O)=O)cc1)O[C@H](C)C2. The topological polar surface area (TPSA) is 93.7 Å². The van der Waals surface area contributed by atoms with Crippen LogP contribution >= 0.6 is 0 Å². The first kappa shape index (κ1) is 22.1. The van der Waals surface area contributed by atoms with Crippen LogP contribution in [-0.2, 0) is 29.4 Å². The molecule has 0 unspecified atom stereocenters. The van der Waals surface area contributed by atoms with Crippen LogP contribution in [0.3, 0.4) is 0 Å². The van der Waals surface area contributed by atoms with Crippen molar-refractivity contribution in [2.24, 2.45) is 0 Å². The van der Waals surface area contributed by atoms with E-state index in [9.17, 15) is 13.2 Å². The summed E-state index contributed by atoms with van der Waals surface area (Å²) in [6, 6.07) is 11.1. The Morgan fingerprint density at radius 1 is 1.23 bits per heavy atom. The molecule has 0 aromatic heterocycles. The number of fused-ring (bicyclic) bond motifs is 1. The first-order valence-corrected chi connectivity index (χ1v) is 11.9. The van der Waals surface area contributed by atoms with Crippen LogP contribution in [0.4, 0.5) is 0 Å². The molecule has 0 spiro atoms. The van der Waals surface area contributed by atoms with E-state index < -0.39 is 10.0 Å². The standard InChI is InChI=1S/C22H28N2O5S/c1-4-28-20-12-18-11-15(2)29-21(18)13-19(20)14-23-22(25)17-7-5-16(6-8-17)9-10-24-30(3,26)27/h5-8,12-13,15,24H,4,9-11,14H2,1-3H3,(H,23,25)/t15-/m1/s1. The molecule has 0 bridgehead atoms. The zero-order valence-electron chi connectivity index (χ0n) is 17.5. The van der Waals surface area contributed by atoms with Crippen LogP contribution in [0, 0.1) is 0 Å². The van der Waals surface area contributed by atoms with Crippen molar-refractivity contribution >= 4 is 15.9 Å². The van der Waals surface area contributed by atoms with Crippen molar-refractivity contribution in [1.29, 1.82) is 0 Å². The number of carbonyl (C=O) groups is 1. The summed E-state index contributed by atoms with van der Waals surface area (Å²) in [5.74, 6) is 1.43. The zero-order chi connectivity index (χ0) is 21.7. The molecule has 0 aliphatic carbocycles. The Morgan fingerprint density at radius 3 is 2.63 bits per heavy atom. The van der Waals surface area contributed by atoms with Gasteiger partial charge in [0, 0.05) is 36.2 Å². The Morgan fingerprint density at radius 2 is 1.97 bits per heavy atom. The van der Waals surface area contributed by atoms with Gasteiger partial charge in [-0.15, -0.1) is 0 Å². The van der Waals surface area contributed by atoms with E-state index in [4.69, 9.17) is 9.47 Å². The van der Waals surface area contributed by atoms with E-state index in [1.807, 2.05) is 38.1 Å². The van der Waals surface area contributed by atoms with Crippen molar-refractivity contribution in [2.75, 3.05) is 19.4 Å². The van der Waals surface area contributed by atoms with Crippen LogP contribution in [0.25, 0.3) is 0 Å². The molecule has 1 aliphatic heterocycles. The molecule has 3 rings (SSSR count). The van der Waals surface area contributed by atoms with Gasteiger partial charge < -0.3 is 14.8 Å². The van der Waals surface area contributed by atoms with Gasteiger partial charge in [0.05, 0.1) is 12.9 Å². The molecule has 8 heteroatoms. The maximum absolute atomic E-state index is 12.6. The van der Waals surface area contributed by atoms with Crippen molar-refractivity contribution in [1.82, 2.24) is 10.0 Å². The van der Waals surface area contributed by atoms with E-state index in [2.05, 4.69) is 10.0 Å². The highest BCUT2D eigenvalue weighted by atomic mass is 32.2. The summed E-state index contributed by atoms with van der Waals surface area (Å²) in [5, 5.41) is 2.93. The van der Waals surface area contributed by atoms with Crippen molar-refractivity contribution in [2.45, 2.75) is 39.3 Å². The molecule has 0 fully saturated rings. The van der Waals surface area contributed by atoms with Gasteiger partial charge in [0.25, 0.3) is 5.91 Å². The normalized spacial score (nSPS) is 15.4. The molecule has 0 saturated carbocycles. The summed E-state index contributed by atoms with van der Waals surface area (Å²) >= 11 is 0. The summed E-state index contributed by atoms with van der Waals surface area (Å²) < 4.78 is 36.3. The summed E-state index contributed by atoms with van der Waals surface area (Å²) in [6.07, 6.45) is 2.69. The van der Waals surface area contributed by atoms with E-state index in [-0.39, 0.29) is 12.0 Å². The van der Waals surface area contributed by atoms with Gasteiger partial charge in [0.1, 0.15) is 17.6 Å². The molecule has 0 radical (unpaired) electrons. The Bertz CT molecular complexity index is 1000. The summed E-state index contributed by atoms with van der Waals surface area (Å²) in [6.45, 7) is 5.17. The lowest BCUT2D eigenvalue weighted by atomic mass is 10.1. The summed E-state index contributed by atoms with van der Waals surface area (Å²) in [4.78, 5) is 12.6. The lowest BCUT2D eigenvalue weighted by Crippen LogP contribution is -2.24. The predicted molar refractivity (Wildman–Crippen MR) is 116 cm³/mol. The summed E-state index contributed by atoms with van der Waals surface area (Å²) in [5.41, 5.74) is 3.49. The Balaban J connectivity index is 1.61. The third-order valence-corrected chi connectivity index (χ3v) is 5.54. The van der Waals surface area contributed by atoms with Crippen LogP contribution in [0.5, 0.6) is 11.5 Å². The van der Waals surface area contributed by atoms with Crippen molar-refractivity contribution in [3.05, 3.63) is 58.7 Å². The van der Waals surface area contributed by atoms with Gasteiger partial charge in [-0.1, -0.05) is 12.1 Å². The van der Waals surface area contributed by atoms with Crippen molar-refractivity contribution in [3.63, 3.8) is 0 Å². The van der Waals surface area contributed by atoms with E-state index in [1.165, 1.54) is 0 Å². The average Bonchev–Trinajstić information content (AvgIpc) is 3.04. The first-order chi connectivity index (χ1) is 14.2. The van der Waals surface area contributed by atoms with E-state index >= 15 is 0 Å². The quantitative estimate of drug-likeness (QED) is 0.635. The number of rotatable bonds is 9. The second-order valence-corrected chi connectivity index (χ2v) is 9.26. The minimum atomic E-state index is -3.20. The smallest absolute Gasteiger partial charge is 0.251 e. The number of benzene rings is 2. The molecule has 1 heterocycles. The largest absolute Gasteiger partial charge is 0.494 e. The number of sulfonamides is 1. The molecule has 0 saturated heterocycles. The Hall–Kier alpha value is -2.58. The van der Waals surface area contributed by atoms with Gasteiger partial charge in [-0.2, -0.15) is 0 Å². The maximum atomic E-state index is 12.6.